The number of carbonyl (C=O) groups is 4. The number of nitrogens with zero attached hydrogens (tertiary/aromatic N) is 1. The van der Waals surface area contributed by atoms with Crippen molar-refractivity contribution in [3.63, 3.8) is 0 Å². The maximum atomic E-state index is 11.6. The second-order valence-corrected chi connectivity index (χ2v) is 4.13. The number of amides is 4. The van der Waals surface area contributed by atoms with Crippen molar-refractivity contribution in [2.45, 2.75) is 18.4 Å². The lowest BCUT2D eigenvalue weighted by molar-refractivity contribution is -0.143. The van der Waals surface area contributed by atoms with Crippen LogP contribution in [0.3, 0.4) is 0 Å². The van der Waals surface area contributed by atoms with Gasteiger partial charge < -0.3 is 15.3 Å². The van der Waals surface area contributed by atoms with Gasteiger partial charge in [-0.3, -0.25) is 19.7 Å². The maximum Gasteiger partial charge on any atom is 0.322 e. The van der Waals surface area contributed by atoms with E-state index in [0.29, 0.717) is 6.42 Å². The molecule has 2 saturated heterocycles. The molecule has 8 nitrogen and oxygen atoms in total. The summed E-state index contributed by atoms with van der Waals surface area (Å²) in [5, 5.41) is 13.1. The molecule has 1 spiro atoms. The number of nitrogens with one attached hydrogen (secondary N) is 2. The number of imide groups is 1. The van der Waals surface area contributed by atoms with E-state index in [1.807, 2.05) is 0 Å². The molecular weight excluding hydrogens is 230 g/mol. The van der Waals surface area contributed by atoms with Gasteiger partial charge in [-0.1, -0.05) is 0 Å². The Morgan fingerprint density at radius 3 is 2.65 bits per heavy atom. The predicted octanol–water partition coefficient (Wildman–Crippen LogP) is -1.73. The summed E-state index contributed by atoms with van der Waals surface area (Å²) in [6, 6.07) is -0.581. The Morgan fingerprint density at radius 1 is 1.41 bits per heavy atom. The molecule has 8 heteroatoms. The molecule has 0 radical (unpaired) electrons. The first-order chi connectivity index (χ1) is 7.93. The first kappa shape index (κ1) is 11.4. The van der Waals surface area contributed by atoms with Crippen molar-refractivity contribution >= 4 is 23.8 Å². The molecule has 3 N–H and O–H groups in total. The largest absolute Gasteiger partial charge is 0.481 e. The highest BCUT2D eigenvalue weighted by Crippen LogP contribution is 2.24. The van der Waals surface area contributed by atoms with Gasteiger partial charge >= 0.3 is 12.0 Å². The standard InChI is InChI=1S/C9H11N3O5/c13-5(3-6(14)15)12-2-1-9(4-12)7(16)10-8(17)11-9/h1-4H2,(H,14,15)(H2,10,11,16,17). The molecule has 1 unspecified atom stereocenters. The van der Waals surface area contributed by atoms with Gasteiger partial charge in [0.1, 0.15) is 12.0 Å². The number of rotatable bonds is 2. The normalized spacial score (nSPS) is 27.2. The smallest absolute Gasteiger partial charge is 0.322 e. The highest BCUT2D eigenvalue weighted by Gasteiger charge is 2.51. The molecule has 0 saturated carbocycles. The number of likely N-dealkylation sites (tertiary alicyclic amines) is 1. The van der Waals surface area contributed by atoms with E-state index in [0.717, 1.165) is 0 Å². The Balaban J connectivity index is 2.04. The summed E-state index contributed by atoms with van der Waals surface area (Å²) in [5.74, 6) is -2.23. The molecule has 0 aromatic rings. The van der Waals surface area contributed by atoms with E-state index in [2.05, 4.69) is 10.6 Å². The van der Waals surface area contributed by atoms with Crippen LogP contribution in [-0.2, 0) is 14.4 Å². The number of hydrogen-bond donors (Lipinski definition) is 3. The van der Waals surface area contributed by atoms with E-state index in [1.165, 1.54) is 4.90 Å². The zero-order valence-electron chi connectivity index (χ0n) is 8.86. The lowest BCUT2D eigenvalue weighted by Crippen LogP contribution is -2.49. The first-order valence-corrected chi connectivity index (χ1v) is 5.06. The quantitative estimate of drug-likeness (QED) is 0.392. The van der Waals surface area contributed by atoms with Gasteiger partial charge in [0, 0.05) is 6.54 Å². The van der Waals surface area contributed by atoms with E-state index in [4.69, 9.17) is 5.11 Å². The number of carboxylic acid groups (broad SMARTS) is 1. The second kappa shape index (κ2) is 3.72. The van der Waals surface area contributed by atoms with E-state index < -0.39 is 35.8 Å². The van der Waals surface area contributed by atoms with Crippen molar-refractivity contribution in [2.24, 2.45) is 0 Å². The number of carboxylic acids is 1. The summed E-state index contributed by atoms with van der Waals surface area (Å²) in [6.07, 6.45) is -0.304. The average Bonchev–Trinajstić information content (AvgIpc) is 2.72. The van der Waals surface area contributed by atoms with Crippen molar-refractivity contribution in [1.29, 1.82) is 0 Å². The minimum atomic E-state index is -1.21. The Morgan fingerprint density at radius 2 is 2.12 bits per heavy atom. The van der Waals surface area contributed by atoms with Crippen LogP contribution in [-0.4, -0.2) is 52.4 Å². The third-order valence-electron chi connectivity index (χ3n) is 2.94. The zero-order valence-corrected chi connectivity index (χ0v) is 8.86. The molecule has 0 bridgehead atoms. The molecule has 92 valence electrons. The number of urea groups is 1. The Hall–Kier alpha value is -2.12. The zero-order chi connectivity index (χ0) is 12.6. The van der Waals surface area contributed by atoms with Gasteiger partial charge in [0.25, 0.3) is 5.91 Å². The van der Waals surface area contributed by atoms with Gasteiger partial charge in [0.15, 0.2) is 0 Å². The van der Waals surface area contributed by atoms with Crippen LogP contribution < -0.4 is 10.6 Å². The average molecular weight is 241 g/mol. The van der Waals surface area contributed by atoms with Crippen LogP contribution in [0, 0.1) is 0 Å². The third kappa shape index (κ3) is 1.93. The van der Waals surface area contributed by atoms with Gasteiger partial charge in [0.05, 0.1) is 6.54 Å². The first-order valence-electron chi connectivity index (χ1n) is 5.06. The van der Waals surface area contributed by atoms with Crippen molar-refractivity contribution in [3.8, 4) is 0 Å². The monoisotopic (exact) mass is 241 g/mol. The Labute approximate surface area is 95.9 Å². The number of aliphatic carboxylic acids is 1. The lowest BCUT2D eigenvalue weighted by atomic mass is 10.00. The lowest BCUT2D eigenvalue weighted by Gasteiger charge is -2.20. The maximum absolute atomic E-state index is 11.6. The van der Waals surface area contributed by atoms with Crippen LogP contribution in [0.15, 0.2) is 0 Å². The molecule has 1 atom stereocenters. The minimum Gasteiger partial charge on any atom is -0.481 e. The number of carbonyl (C=O) groups excluding carboxylic acids is 3. The summed E-state index contributed by atoms with van der Waals surface area (Å²) >= 11 is 0. The van der Waals surface area contributed by atoms with Crippen LogP contribution in [0.4, 0.5) is 4.79 Å². The molecule has 0 aromatic carbocycles. The minimum absolute atomic E-state index is 0.0245. The van der Waals surface area contributed by atoms with Crippen LogP contribution in [0.5, 0.6) is 0 Å². The highest BCUT2D eigenvalue weighted by molar-refractivity contribution is 6.08. The summed E-state index contributed by atoms with van der Waals surface area (Å²) in [4.78, 5) is 45.7. The molecule has 2 fully saturated rings. The third-order valence-corrected chi connectivity index (χ3v) is 2.94. The van der Waals surface area contributed by atoms with Crippen molar-refractivity contribution < 1.29 is 24.3 Å². The molecule has 2 aliphatic rings. The number of hydrogen-bond acceptors (Lipinski definition) is 4. The van der Waals surface area contributed by atoms with Crippen LogP contribution >= 0.6 is 0 Å². The van der Waals surface area contributed by atoms with Crippen LogP contribution in [0.2, 0.25) is 0 Å². The SMILES string of the molecule is O=C(O)CC(=O)N1CCC2(C1)NC(=O)NC2=O. The van der Waals surface area contributed by atoms with E-state index >= 15 is 0 Å². The van der Waals surface area contributed by atoms with Crippen LogP contribution in [0.1, 0.15) is 12.8 Å². The van der Waals surface area contributed by atoms with E-state index in [9.17, 15) is 19.2 Å². The molecule has 2 rings (SSSR count). The molecule has 0 aromatic heterocycles. The molecule has 2 heterocycles. The van der Waals surface area contributed by atoms with E-state index in [1.54, 1.807) is 0 Å². The fourth-order valence-electron chi connectivity index (χ4n) is 2.08. The second-order valence-electron chi connectivity index (χ2n) is 4.13. The fraction of sp³-hybridized carbons (Fsp3) is 0.556. The van der Waals surface area contributed by atoms with Crippen LogP contribution in [0.25, 0.3) is 0 Å². The Kier molecular flexibility index (Phi) is 2.49. The predicted molar refractivity (Wildman–Crippen MR) is 52.9 cm³/mol. The van der Waals surface area contributed by atoms with Gasteiger partial charge in [-0.2, -0.15) is 0 Å². The molecule has 2 aliphatic heterocycles. The van der Waals surface area contributed by atoms with Crippen molar-refractivity contribution in [2.75, 3.05) is 13.1 Å². The summed E-state index contributed by atoms with van der Waals surface area (Å²) < 4.78 is 0. The molecular formula is C9H11N3O5. The van der Waals surface area contributed by atoms with Crippen molar-refractivity contribution in [1.82, 2.24) is 15.5 Å². The summed E-state index contributed by atoms with van der Waals surface area (Å²) in [6.45, 7) is 0.288. The molecule has 17 heavy (non-hydrogen) atoms. The highest BCUT2D eigenvalue weighted by atomic mass is 16.4. The van der Waals surface area contributed by atoms with Gasteiger partial charge in [-0.15, -0.1) is 0 Å². The fourth-order valence-corrected chi connectivity index (χ4v) is 2.08. The summed E-state index contributed by atoms with van der Waals surface area (Å²) in [7, 11) is 0. The van der Waals surface area contributed by atoms with Gasteiger partial charge in [0.2, 0.25) is 5.91 Å². The summed E-state index contributed by atoms with van der Waals surface area (Å²) in [5.41, 5.74) is -1.08. The van der Waals surface area contributed by atoms with Crippen molar-refractivity contribution in [3.05, 3.63) is 0 Å². The van der Waals surface area contributed by atoms with Gasteiger partial charge in [-0.25, -0.2) is 4.79 Å². The van der Waals surface area contributed by atoms with E-state index in [-0.39, 0.29) is 13.1 Å². The molecule has 0 aliphatic carbocycles. The topological polar surface area (TPSA) is 116 Å². The Bertz CT molecular complexity index is 421. The molecule has 4 amide bonds. The van der Waals surface area contributed by atoms with Gasteiger partial charge in [-0.05, 0) is 6.42 Å².